The third-order valence-electron chi connectivity index (χ3n) is 4.68. The highest BCUT2D eigenvalue weighted by atomic mass is 32.1. The van der Waals surface area contributed by atoms with Crippen molar-refractivity contribution in [3.63, 3.8) is 0 Å². The Hall–Kier alpha value is -3.95. The van der Waals surface area contributed by atoms with E-state index in [1.165, 1.54) is 11.3 Å². The van der Waals surface area contributed by atoms with Gasteiger partial charge in [0.1, 0.15) is 11.6 Å². The lowest BCUT2D eigenvalue weighted by Crippen LogP contribution is -2.12. The van der Waals surface area contributed by atoms with Crippen molar-refractivity contribution in [2.75, 3.05) is 10.6 Å². The summed E-state index contributed by atoms with van der Waals surface area (Å²) in [6.07, 6.45) is 0. The summed E-state index contributed by atoms with van der Waals surface area (Å²) in [4.78, 5) is 22.8. The predicted molar refractivity (Wildman–Crippen MR) is 133 cm³/mol. The molecule has 1 amide bonds. The number of hydrogen-bond acceptors (Lipinski definition) is 8. The van der Waals surface area contributed by atoms with Gasteiger partial charge in [-0.2, -0.15) is 0 Å². The van der Waals surface area contributed by atoms with Gasteiger partial charge in [-0.3, -0.25) is 10.1 Å². The summed E-state index contributed by atoms with van der Waals surface area (Å²) in [5, 5.41) is 17.6. The van der Waals surface area contributed by atoms with Crippen molar-refractivity contribution < 1.29 is 4.79 Å². The maximum atomic E-state index is 12.8. The lowest BCUT2D eigenvalue weighted by Gasteiger charge is -2.10. The van der Waals surface area contributed by atoms with Crippen LogP contribution in [0.1, 0.15) is 16.2 Å². The smallest absolute Gasteiger partial charge is 0.257 e. The summed E-state index contributed by atoms with van der Waals surface area (Å²) in [6.45, 7) is 1.86. The summed E-state index contributed by atoms with van der Waals surface area (Å²) in [6, 6.07) is 23.0. The van der Waals surface area contributed by atoms with Crippen LogP contribution in [0.2, 0.25) is 0 Å². The zero-order chi connectivity index (χ0) is 22.6. The van der Waals surface area contributed by atoms with Crippen molar-refractivity contribution in [2.24, 2.45) is 0 Å². The molecule has 0 unspecified atom stereocenters. The zero-order valence-corrected chi connectivity index (χ0v) is 19.2. The maximum Gasteiger partial charge on any atom is 0.257 e. The molecular weight excluding hydrogens is 452 g/mol. The highest BCUT2D eigenvalue weighted by Crippen LogP contribution is 2.30. The second-order valence-corrected chi connectivity index (χ2v) is 9.03. The Morgan fingerprint density at radius 2 is 1.79 bits per heavy atom. The average Bonchev–Trinajstić information content (AvgIpc) is 3.52. The highest BCUT2D eigenvalue weighted by Gasteiger charge is 2.13. The second kappa shape index (κ2) is 9.27. The number of amides is 1. The van der Waals surface area contributed by atoms with Gasteiger partial charge in [0.15, 0.2) is 5.01 Å². The Labute approximate surface area is 198 Å². The van der Waals surface area contributed by atoms with E-state index in [-0.39, 0.29) is 5.91 Å². The van der Waals surface area contributed by atoms with Gasteiger partial charge in [-0.25, -0.2) is 9.97 Å². The SMILES string of the molecule is Cc1nc(Nc2cccc(C(=O)Nc3nnc(-c4cccs4)s3)c2)cc(-c2ccccc2)n1. The van der Waals surface area contributed by atoms with Crippen molar-refractivity contribution in [1.29, 1.82) is 0 Å². The minimum atomic E-state index is -0.253. The summed E-state index contributed by atoms with van der Waals surface area (Å²) in [5.41, 5.74) is 3.09. The Balaban J connectivity index is 1.32. The van der Waals surface area contributed by atoms with E-state index >= 15 is 0 Å². The fourth-order valence-electron chi connectivity index (χ4n) is 3.22. The predicted octanol–water partition coefficient (Wildman–Crippen LogP) is 6.03. The van der Waals surface area contributed by atoms with E-state index in [4.69, 9.17) is 0 Å². The van der Waals surface area contributed by atoms with Crippen LogP contribution in [0.4, 0.5) is 16.6 Å². The molecule has 5 rings (SSSR count). The van der Waals surface area contributed by atoms with E-state index < -0.39 is 0 Å². The molecule has 0 saturated carbocycles. The summed E-state index contributed by atoms with van der Waals surface area (Å²) >= 11 is 2.93. The minimum absolute atomic E-state index is 0.253. The van der Waals surface area contributed by atoms with Gasteiger partial charge < -0.3 is 5.32 Å². The standard InChI is InChI=1S/C24H18N6OS2/c1-15-25-19(16-7-3-2-4-8-16)14-21(26-15)27-18-10-5-9-17(13-18)22(31)28-24-30-29-23(33-24)20-11-6-12-32-20/h2-14H,1H3,(H,25,26,27)(H,28,30,31). The van der Waals surface area contributed by atoms with Crippen LogP contribution >= 0.6 is 22.7 Å². The first kappa shape index (κ1) is 20.9. The number of hydrogen-bond donors (Lipinski definition) is 2. The van der Waals surface area contributed by atoms with Crippen molar-refractivity contribution in [1.82, 2.24) is 20.2 Å². The molecule has 0 aliphatic carbocycles. The second-order valence-electron chi connectivity index (χ2n) is 7.10. The monoisotopic (exact) mass is 470 g/mol. The number of benzene rings is 2. The molecule has 0 spiro atoms. The van der Waals surface area contributed by atoms with E-state index in [1.807, 2.05) is 73.0 Å². The Morgan fingerprint density at radius 1 is 0.909 bits per heavy atom. The normalized spacial score (nSPS) is 10.7. The molecule has 0 radical (unpaired) electrons. The minimum Gasteiger partial charge on any atom is -0.340 e. The number of nitrogens with one attached hydrogen (secondary N) is 2. The van der Waals surface area contributed by atoms with Gasteiger partial charge in [0.05, 0.1) is 10.6 Å². The molecule has 3 aromatic heterocycles. The molecule has 0 atom stereocenters. The number of aryl methyl sites for hydroxylation is 1. The number of rotatable bonds is 6. The molecule has 3 heterocycles. The molecule has 0 saturated heterocycles. The van der Waals surface area contributed by atoms with Crippen molar-refractivity contribution in [2.45, 2.75) is 6.92 Å². The number of carbonyl (C=O) groups is 1. The van der Waals surface area contributed by atoms with Crippen LogP contribution in [0.25, 0.3) is 21.1 Å². The fourth-order valence-corrected chi connectivity index (χ4v) is 4.75. The molecule has 0 aliphatic heterocycles. The van der Waals surface area contributed by atoms with E-state index in [1.54, 1.807) is 23.5 Å². The van der Waals surface area contributed by atoms with Crippen LogP contribution in [0.15, 0.2) is 78.2 Å². The molecule has 2 aromatic carbocycles. The van der Waals surface area contributed by atoms with Gasteiger partial charge >= 0.3 is 0 Å². The molecule has 33 heavy (non-hydrogen) atoms. The Bertz CT molecular complexity index is 1400. The molecule has 0 bridgehead atoms. The summed E-state index contributed by atoms with van der Waals surface area (Å²) < 4.78 is 0. The van der Waals surface area contributed by atoms with Gasteiger partial charge in [-0.05, 0) is 36.6 Å². The first-order valence-corrected chi connectivity index (χ1v) is 11.8. The van der Waals surface area contributed by atoms with Crippen LogP contribution in [0, 0.1) is 6.92 Å². The number of anilines is 3. The number of carbonyl (C=O) groups excluding carboxylic acids is 1. The third kappa shape index (κ3) is 4.94. The van der Waals surface area contributed by atoms with Gasteiger partial charge in [0, 0.05) is 22.9 Å². The molecule has 162 valence electrons. The number of thiophene rings is 1. The molecule has 0 aliphatic rings. The van der Waals surface area contributed by atoms with Crippen LogP contribution in [0.3, 0.4) is 0 Å². The lowest BCUT2D eigenvalue weighted by atomic mass is 10.1. The van der Waals surface area contributed by atoms with E-state index in [9.17, 15) is 4.79 Å². The van der Waals surface area contributed by atoms with Gasteiger partial charge in [-0.1, -0.05) is 53.8 Å². The number of nitrogens with zero attached hydrogens (tertiary/aromatic N) is 4. The Kier molecular flexibility index (Phi) is 5.88. The van der Waals surface area contributed by atoms with Crippen LogP contribution in [-0.2, 0) is 0 Å². The maximum absolute atomic E-state index is 12.8. The largest absolute Gasteiger partial charge is 0.340 e. The van der Waals surface area contributed by atoms with E-state index in [2.05, 4.69) is 30.8 Å². The van der Waals surface area contributed by atoms with Gasteiger partial charge in [-0.15, -0.1) is 21.5 Å². The molecule has 2 N–H and O–H groups in total. The highest BCUT2D eigenvalue weighted by molar-refractivity contribution is 7.23. The summed E-state index contributed by atoms with van der Waals surface area (Å²) in [7, 11) is 0. The summed E-state index contributed by atoms with van der Waals surface area (Å²) in [5.74, 6) is 1.06. The Morgan fingerprint density at radius 3 is 2.61 bits per heavy atom. The van der Waals surface area contributed by atoms with Gasteiger partial charge in [0.25, 0.3) is 5.91 Å². The quantitative estimate of drug-likeness (QED) is 0.315. The third-order valence-corrected chi connectivity index (χ3v) is 6.56. The van der Waals surface area contributed by atoms with Crippen LogP contribution in [0.5, 0.6) is 0 Å². The van der Waals surface area contributed by atoms with E-state index in [0.717, 1.165) is 26.8 Å². The topological polar surface area (TPSA) is 92.7 Å². The van der Waals surface area contributed by atoms with Crippen molar-refractivity contribution in [3.05, 3.63) is 89.6 Å². The van der Waals surface area contributed by atoms with E-state index in [0.29, 0.717) is 22.3 Å². The first-order chi connectivity index (χ1) is 16.1. The molecule has 9 heteroatoms. The lowest BCUT2D eigenvalue weighted by molar-refractivity contribution is 0.102. The van der Waals surface area contributed by atoms with Gasteiger partial charge in [0.2, 0.25) is 5.13 Å². The van der Waals surface area contributed by atoms with Crippen LogP contribution in [-0.4, -0.2) is 26.1 Å². The molecule has 0 fully saturated rings. The molecular formula is C24H18N6OS2. The molecule has 7 nitrogen and oxygen atoms in total. The first-order valence-electron chi connectivity index (χ1n) is 10.1. The van der Waals surface area contributed by atoms with Crippen LogP contribution < -0.4 is 10.6 Å². The van der Waals surface area contributed by atoms with Crippen molar-refractivity contribution in [3.8, 4) is 21.1 Å². The average molecular weight is 471 g/mol. The fraction of sp³-hybridized carbons (Fsp3) is 0.0417. The molecule has 5 aromatic rings. The van der Waals surface area contributed by atoms with Crippen molar-refractivity contribution >= 4 is 45.2 Å². The number of aromatic nitrogens is 4. The zero-order valence-electron chi connectivity index (χ0n) is 17.5.